The Morgan fingerprint density at radius 3 is 2.35 bits per heavy atom. The molecule has 140 valence electrons. The van der Waals surface area contributed by atoms with Crippen molar-refractivity contribution in [1.82, 2.24) is 4.90 Å². The number of rotatable bonds is 6. The molecule has 0 bridgehead atoms. The summed E-state index contributed by atoms with van der Waals surface area (Å²) in [6, 6.07) is 13.5. The number of carbonyl (C=O) groups is 1. The van der Waals surface area contributed by atoms with Crippen LogP contribution in [0.5, 0.6) is 5.75 Å². The van der Waals surface area contributed by atoms with E-state index >= 15 is 0 Å². The molecule has 0 aliphatic rings. The molecule has 2 rings (SSSR count). The molecule has 2 aromatic carbocycles. The molecule has 1 N–H and O–H groups in total. The van der Waals surface area contributed by atoms with Crippen LogP contribution in [0.15, 0.2) is 53.4 Å². The van der Waals surface area contributed by atoms with Gasteiger partial charge in [0.1, 0.15) is 5.75 Å². The number of sulfone groups is 1. The second kappa shape index (κ2) is 8.23. The van der Waals surface area contributed by atoms with Gasteiger partial charge in [0.05, 0.1) is 12.0 Å². The lowest BCUT2D eigenvalue weighted by molar-refractivity contribution is 0.207. The lowest BCUT2D eigenvalue weighted by atomic mass is 10.1. The second-order valence-electron chi connectivity index (χ2n) is 6.20. The Kier molecular flexibility index (Phi) is 6.26. The van der Waals surface area contributed by atoms with Crippen molar-refractivity contribution in [2.24, 2.45) is 0 Å². The van der Waals surface area contributed by atoms with E-state index < -0.39 is 9.84 Å². The van der Waals surface area contributed by atoms with Crippen molar-refractivity contribution < 1.29 is 17.9 Å². The van der Waals surface area contributed by atoms with Crippen molar-refractivity contribution in [3.05, 3.63) is 54.1 Å². The van der Waals surface area contributed by atoms with Crippen molar-refractivity contribution >= 4 is 21.6 Å². The average Bonchev–Trinajstić information content (AvgIpc) is 2.61. The molecule has 0 aromatic heterocycles. The van der Waals surface area contributed by atoms with Gasteiger partial charge in [-0.2, -0.15) is 0 Å². The summed E-state index contributed by atoms with van der Waals surface area (Å²) in [6.45, 7) is 1.96. The van der Waals surface area contributed by atoms with E-state index in [0.717, 1.165) is 17.6 Å². The van der Waals surface area contributed by atoms with Gasteiger partial charge in [-0.05, 0) is 49.2 Å². The topological polar surface area (TPSA) is 75.7 Å². The van der Waals surface area contributed by atoms with Crippen LogP contribution in [0.3, 0.4) is 0 Å². The number of benzene rings is 2. The third kappa shape index (κ3) is 4.98. The summed E-state index contributed by atoms with van der Waals surface area (Å²) in [5.41, 5.74) is 1.57. The highest BCUT2D eigenvalue weighted by Gasteiger charge is 2.18. The number of nitrogens with one attached hydrogen (secondary N) is 1. The average molecular weight is 376 g/mol. The molecule has 2 amide bonds. The first-order valence-corrected chi connectivity index (χ1v) is 10.1. The van der Waals surface area contributed by atoms with Gasteiger partial charge in [0, 0.05) is 25.0 Å². The van der Waals surface area contributed by atoms with Crippen molar-refractivity contribution in [2.45, 2.75) is 24.3 Å². The molecule has 0 aliphatic heterocycles. The first kappa shape index (κ1) is 19.8. The van der Waals surface area contributed by atoms with Gasteiger partial charge < -0.3 is 15.0 Å². The minimum absolute atomic E-state index is 0.0541. The van der Waals surface area contributed by atoms with Gasteiger partial charge >= 0.3 is 6.03 Å². The third-order valence-electron chi connectivity index (χ3n) is 4.22. The normalized spacial score (nSPS) is 12.3. The van der Waals surface area contributed by atoms with Crippen LogP contribution in [-0.4, -0.2) is 45.8 Å². The first-order chi connectivity index (χ1) is 12.2. The standard InChI is InChI=1S/C19H24N2O4S/c1-14(13-15-7-5-6-8-18(15)25-3)21(2)19(22)20-16-9-11-17(12-10-16)26(4,23)24/h5-12,14H,13H2,1-4H3,(H,20,22)/t14-/m1/s1. The highest BCUT2D eigenvalue weighted by molar-refractivity contribution is 7.90. The van der Waals surface area contributed by atoms with Crippen LogP contribution in [0.2, 0.25) is 0 Å². The Hall–Kier alpha value is -2.54. The number of urea groups is 1. The van der Waals surface area contributed by atoms with E-state index in [4.69, 9.17) is 4.74 Å². The summed E-state index contributed by atoms with van der Waals surface area (Å²) < 4.78 is 28.3. The smallest absolute Gasteiger partial charge is 0.321 e. The van der Waals surface area contributed by atoms with Crippen molar-refractivity contribution in [3.8, 4) is 5.75 Å². The van der Waals surface area contributed by atoms with Crippen LogP contribution < -0.4 is 10.1 Å². The van der Waals surface area contributed by atoms with Crippen LogP contribution in [0.4, 0.5) is 10.5 Å². The maximum atomic E-state index is 12.4. The molecule has 0 spiro atoms. The molecule has 0 radical (unpaired) electrons. The minimum Gasteiger partial charge on any atom is -0.496 e. The maximum absolute atomic E-state index is 12.4. The number of amides is 2. The Morgan fingerprint density at radius 1 is 1.15 bits per heavy atom. The molecule has 26 heavy (non-hydrogen) atoms. The number of likely N-dealkylation sites (N-methyl/N-ethyl adjacent to an activating group) is 1. The predicted molar refractivity (Wildman–Crippen MR) is 102 cm³/mol. The molecule has 0 saturated heterocycles. The van der Waals surface area contributed by atoms with Gasteiger partial charge in [0.25, 0.3) is 0 Å². The van der Waals surface area contributed by atoms with Crippen LogP contribution in [-0.2, 0) is 16.3 Å². The molecular weight excluding hydrogens is 352 g/mol. The Balaban J connectivity index is 2.02. The quantitative estimate of drug-likeness (QED) is 0.840. The number of para-hydroxylation sites is 1. The second-order valence-corrected chi connectivity index (χ2v) is 8.22. The first-order valence-electron chi connectivity index (χ1n) is 8.18. The molecule has 0 aliphatic carbocycles. The van der Waals surface area contributed by atoms with Gasteiger partial charge in [-0.25, -0.2) is 13.2 Å². The summed E-state index contributed by atoms with van der Waals surface area (Å²) in [7, 11) is 0.0936. The van der Waals surface area contributed by atoms with Crippen LogP contribution in [0.25, 0.3) is 0 Å². The highest BCUT2D eigenvalue weighted by Crippen LogP contribution is 2.21. The molecule has 7 heteroatoms. The number of carbonyl (C=O) groups excluding carboxylic acids is 1. The number of methoxy groups -OCH3 is 1. The van der Waals surface area contributed by atoms with Crippen LogP contribution >= 0.6 is 0 Å². The number of nitrogens with zero attached hydrogens (tertiary/aromatic N) is 1. The summed E-state index contributed by atoms with van der Waals surface area (Å²) in [4.78, 5) is 14.3. The Labute approximate surface area is 154 Å². The Morgan fingerprint density at radius 2 is 1.77 bits per heavy atom. The van der Waals surface area contributed by atoms with Gasteiger partial charge in [0.2, 0.25) is 0 Å². The minimum atomic E-state index is -3.25. The SMILES string of the molecule is COc1ccccc1C[C@@H](C)N(C)C(=O)Nc1ccc(S(C)(=O)=O)cc1. The van der Waals surface area contributed by atoms with E-state index in [-0.39, 0.29) is 17.0 Å². The van der Waals surface area contributed by atoms with Crippen molar-refractivity contribution in [2.75, 3.05) is 25.7 Å². The van der Waals surface area contributed by atoms with E-state index in [1.54, 1.807) is 31.2 Å². The molecule has 1 atom stereocenters. The third-order valence-corrected chi connectivity index (χ3v) is 5.35. The predicted octanol–water partition coefficient (Wildman–Crippen LogP) is 3.19. The zero-order chi connectivity index (χ0) is 19.3. The summed E-state index contributed by atoms with van der Waals surface area (Å²) >= 11 is 0. The monoisotopic (exact) mass is 376 g/mol. The van der Waals surface area contributed by atoms with E-state index in [2.05, 4.69) is 5.32 Å². The van der Waals surface area contributed by atoms with Gasteiger partial charge in [-0.1, -0.05) is 18.2 Å². The zero-order valence-corrected chi connectivity index (χ0v) is 16.2. The molecule has 0 saturated carbocycles. The van der Waals surface area contributed by atoms with Crippen molar-refractivity contribution in [1.29, 1.82) is 0 Å². The fraction of sp³-hybridized carbons (Fsp3) is 0.316. The zero-order valence-electron chi connectivity index (χ0n) is 15.4. The largest absolute Gasteiger partial charge is 0.496 e. The molecule has 0 fully saturated rings. The van der Waals surface area contributed by atoms with Crippen LogP contribution in [0.1, 0.15) is 12.5 Å². The van der Waals surface area contributed by atoms with Gasteiger partial charge in [-0.15, -0.1) is 0 Å². The van der Waals surface area contributed by atoms with Crippen molar-refractivity contribution in [3.63, 3.8) is 0 Å². The van der Waals surface area contributed by atoms with Crippen LogP contribution in [0, 0.1) is 0 Å². The lowest BCUT2D eigenvalue weighted by Gasteiger charge is -2.26. The molecule has 2 aromatic rings. The maximum Gasteiger partial charge on any atom is 0.321 e. The summed E-state index contributed by atoms with van der Waals surface area (Å²) in [6.07, 6.45) is 1.80. The number of hydrogen-bond acceptors (Lipinski definition) is 4. The lowest BCUT2D eigenvalue weighted by Crippen LogP contribution is -2.39. The Bertz CT molecular complexity index is 863. The molecule has 0 unspecified atom stereocenters. The van der Waals surface area contributed by atoms with E-state index in [9.17, 15) is 13.2 Å². The number of anilines is 1. The molecule has 6 nitrogen and oxygen atoms in total. The number of ether oxygens (including phenoxy) is 1. The molecular formula is C19H24N2O4S. The van der Waals surface area contributed by atoms with Gasteiger partial charge in [0.15, 0.2) is 9.84 Å². The van der Waals surface area contributed by atoms with E-state index in [0.29, 0.717) is 12.1 Å². The van der Waals surface area contributed by atoms with E-state index in [1.165, 1.54) is 12.1 Å². The fourth-order valence-corrected chi connectivity index (χ4v) is 3.15. The van der Waals surface area contributed by atoms with E-state index in [1.807, 2.05) is 31.2 Å². The molecule has 0 heterocycles. The summed E-state index contributed by atoms with van der Waals surface area (Å²) in [5, 5.41) is 2.78. The summed E-state index contributed by atoms with van der Waals surface area (Å²) in [5.74, 6) is 0.796. The number of hydrogen-bond donors (Lipinski definition) is 1. The van der Waals surface area contributed by atoms with Gasteiger partial charge in [-0.3, -0.25) is 0 Å². The fourth-order valence-electron chi connectivity index (χ4n) is 2.52. The highest BCUT2D eigenvalue weighted by atomic mass is 32.2.